The van der Waals surface area contributed by atoms with Crippen LogP contribution in [-0.4, -0.2) is 24.8 Å². The van der Waals surface area contributed by atoms with Gasteiger partial charge in [0.25, 0.3) is 0 Å². The fourth-order valence-corrected chi connectivity index (χ4v) is 2.00. The van der Waals surface area contributed by atoms with Crippen LogP contribution in [0.3, 0.4) is 0 Å². The molecule has 0 saturated carbocycles. The summed E-state index contributed by atoms with van der Waals surface area (Å²) >= 11 is 0. The highest BCUT2D eigenvalue weighted by molar-refractivity contribution is 5.78. The molecular formula is C13H24O3. The van der Waals surface area contributed by atoms with Crippen LogP contribution in [0.1, 0.15) is 58.8 Å². The number of hydrogen-bond acceptors (Lipinski definition) is 3. The van der Waals surface area contributed by atoms with E-state index in [4.69, 9.17) is 9.47 Å². The Hall–Kier alpha value is -0.410. The first-order valence-corrected chi connectivity index (χ1v) is 6.46. The van der Waals surface area contributed by atoms with Gasteiger partial charge >= 0.3 is 0 Å². The van der Waals surface area contributed by atoms with Crippen LogP contribution >= 0.6 is 0 Å². The maximum atomic E-state index is 11.5. The molecule has 0 aliphatic carbocycles. The lowest BCUT2D eigenvalue weighted by atomic mass is 10.0. The lowest BCUT2D eigenvalue weighted by molar-refractivity contribution is -0.148. The predicted octanol–water partition coefficient (Wildman–Crippen LogP) is 3.07. The predicted molar refractivity (Wildman–Crippen MR) is 63.3 cm³/mol. The van der Waals surface area contributed by atoms with Crippen molar-refractivity contribution in [3.05, 3.63) is 0 Å². The second-order valence-corrected chi connectivity index (χ2v) is 4.68. The molecule has 0 aromatic rings. The molecule has 0 bridgehead atoms. The molecule has 1 fully saturated rings. The van der Waals surface area contributed by atoms with Crippen molar-refractivity contribution in [3.63, 3.8) is 0 Å². The van der Waals surface area contributed by atoms with Gasteiger partial charge in [-0.3, -0.25) is 4.79 Å². The number of hydrogen-bond donors (Lipinski definition) is 0. The normalized spacial score (nSPS) is 18.9. The molecule has 0 aromatic heterocycles. The maximum absolute atomic E-state index is 11.5. The third-order valence-electron chi connectivity index (χ3n) is 3.04. The Morgan fingerprint density at radius 2 is 1.75 bits per heavy atom. The van der Waals surface area contributed by atoms with E-state index in [2.05, 4.69) is 6.92 Å². The Kier molecular flexibility index (Phi) is 5.99. The summed E-state index contributed by atoms with van der Waals surface area (Å²) < 4.78 is 11.0. The Labute approximate surface area is 98.5 Å². The average Bonchev–Trinajstić information content (AvgIpc) is 2.66. The summed E-state index contributed by atoms with van der Waals surface area (Å²) in [5.41, 5.74) is 0. The van der Waals surface area contributed by atoms with Gasteiger partial charge < -0.3 is 9.47 Å². The number of unbranched alkanes of at least 4 members (excludes halogenated alkanes) is 2. The highest BCUT2D eigenvalue weighted by atomic mass is 16.7. The van der Waals surface area contributed by atoms with E-state index in [1.54, 1.807) is 0 Å². The van der Waals surface area contributed by atoms with Crippen LogP contribution in [0.4, 0.5) is 0 Å². The van der Waals surface area contributed by atoms with Crippen LogP contribution in [0.25, 0.3) is 0 Å². The van der Waals surface area contributed by atoms with Crippen LogP contribution in [0.15, 0.2) is 0 Å². The molecular weight excluding hydrogens is 204 g/mol. The third-order valence-corrected chi connectivity index (χ3v) is 3.04. The minimum Gasteiger partial charge on any atom is -0.348 e. The Morgan fingerprint density at radius 3 is 2.38 bits per heavy atom. The van der Waals surface area contributed by atoms with E-state index < -0.39 is 5.79 Å². The van der Waals surface area contributed by atoms with Crippen LogP contribution in [-0.2, 0) is 14.3 Å². The summed E-state index contributed by atoms with van der Waals surface area (Å²) in [6, 6.07) is 0. The number of Topliss-reactive ketones (excluding diaryl/α,β-unsaturated/α-hetero) is 1. The van der Waals surface area contributed by atoms with Crippen molar-refractivity contribution in [1.82, 2.24) is 0 Å². The van der Waals surface area contributed by atoms with E-state index in [0.29, 0.717) is 25.4 Å². The molecule has 1 saturated heterocycles. The minimum absolute atomic E-state index is 0.384. The molecule has 0 unspecified atom stereocenters. The Morgan fingerprint density at radius 1 is 1.12 bits per heavy atom. The van der Waals surface area contributed by atoms with Crippen LogP contribution in [0, 0.1) is 0 Å². The lowest BCUT2D eigenvalue weighted by Gasteiger charge is -2.21. The SMILES string of the molecule is CCCCCC(=O)CCCC1(C)OCCO1. The van der Waals surface area contributed by atoms with Gasteiger partial charge in [-0.25, -0.2) is 0 Å². The van der Waals surface area contributed by atoms with Gasteiger partial charge in [0, 0.05) is 19.3 Å². The first-order chi connectivity index (χ1) is 7.66. The van der Waals surface area contributed by atoms with Gasteiger partial charge in [-0.05, 0) is 19.8 Å². The van der Waals surface area contributed by atoms with Crippen LogP contribution < -0.4 is 0 Å². The number of carbonyl (C=O) groups excluding carboxylic acids is 1. The second-order valence-electron chi connectivity index (χ2n) is 4.68. The van der Waals surface area contributed by atoms with Gasteiger partial charge in [0.05, 0.1) is 13.2 Å². The number of ketones is 1. The number of ether oxygens (including phenoxy) is 2. The molecule has 0 spiro atoms. The first-order valence-electron chi connectivity index (χ1n) is 6.46. The van der Waals surface area contributed by atoms with E-state index in [0.717, 1.165) is 32.1 Å². The van der Waals surface area contributed by atoms with Crippen molar-refractivity contribution in [3.8, 4) is 0 Å². The van der Waals surface area contributed by atoms with Crippen LogP contribution in [0.2, 0.25) is 0 Å². The average molecular weight is 228 g/mol. The van der Waals surface area contributed by atoms with E-state index in [9.17, 15) is 4.79 Å². The molecule has 16 heavy (non-hydrogen) atoms. The van der Waals surface area contributed by atoms with Gasteiger partial charge in [-0.1, -0.05) is 19.8 Å². The largest absolute Gasteiger partial charge is 0.348 e. The Balaban J connectivity index is 2.03. The van der Waals surface area contributed by atoms with Crippen LogP contribution in [0.5, 0.6) is 0 Å². The third kappa shape index (κ3) is 5.08. The van der Waals surface area contributed by atoms with Crippen molar-refractivity contribution >= 4 is 5.78 Å². The molecule has 1 aliphatic heterocycles. The lowest BCUT2D eigenvalue weighted by Crippen LogP contribution is -2.25. The van der Waals surface area contributed by atoms with Crippen molar-refractivity contribution in [2.24, 2.45) is 0 Å². The van der Waals surface area contributed by atoms with Gasteiger partial charge in [-0.15, -0.1) is 0 Å². The van der Waals surface area contributed by atoms with E-state index >= 15 is 0 Å². The summed E-state index contributed by atoms with van der Waals surface area (Å²) in [5, 5.41) is 0. The van der Waals surface area contributed by atoms with Gasteiger partial charge in [-0.2, -0.15) is 0 Å². The topological polar surface area (TPSA) is 35.5 Å². The molecule has 1 aliphatic rings. The van der Waals surface area contributed by atoms with E-state index in [1.807, 2.05) is 6.92 Å². The minimum atomic E-state index is -0.427. The number of carbonyl (C=O) groups is 1. The molecule has 0 N–H and O–H groups in total. The summed E-state index contributed by atoms with van der Waals surface area (Å²) in [7, 11) is 0. The molecule has 1 heterocycles. The maximum Gasteiger partial charge on any atom is 0.165 e. The molecule has 0 radical (unpaired) electrons. The van der Waals surface area contributed by atoms with Gasteiger partial charge in [0.1, 0.15) is 5.78 Å². The van der Waals surface area contributed by atoms with E-state index in [1.165, 1.54) is 6.42 Å². The molecule has 1 rings (SSSR count). The molecule has 3 heteroatoms. The van der Waals surface area contributed by atoms with Crippen molar-refractivity contribution in [2.45, 2.75) is 64.6 Å². The van der Waals surface area contributed by atoms with E-state index in [-0.39, 0.29) is 0 Å². The van der Waals surface area contributed by atoms with Crippen molar-refractivity contribution < 1.29 is 14.3 Å². The first kappa shape index (κ1) is 13.7. The summed E-state index contributed by atoms with van der Waals surface area (Å²) in [5.74, 6) is -0.0426. The zero-order valence-corrected chi connectivity index (χ0v) is 10.6. The fourth-order valence-electron chi connectivity index (χ4n) is 2.00. The highest BCUT2D eigenvalue weighted by Gasteiger charge is 2.30. The molecule has 0 aromatic carbocycles. The Bertz CT molecular complexity index is 207. The fraction of sp³-hybridized carbons (Fsp3) is 0.923. The summed E-state index contributed by atoms with van der Waals surface area (Å²) in [6.07, 6.45) is 6.49. The smallest absolute Gasteiger partial charge is 0.165 e. The molecule has 3 nitrogen and oxygen atoms in total. The van der Waals surface area contributed by atoms with Gasteiger partial charge in [0.15, 0.2) is 5.79 Å². The molecule has 0 atom stereocenters. The summed E-state index contributed by atoms with van der Waals surface area (Å²) in [4.78, 5) is 11.5. The quantitative estimate of drug-likeness (QED) is 0.599. The van der Waals surface area contributed by atoms with Crippen molar-refractivity contribution in [2.75, 3.05) is 13.2 Å². The second kappa shape index (κ2) is 7.02. The number of rotatable bonds is 8. The molecule has 94 valence electrons. The standard InChI is InChI=1S/C13H24O3/c1-3-4-5-7-12(14)8-6-9-13(2)15-10-11-16-13/h3-11H2,1-2H3. The zero-order chi connectivity index (χ0) is 11.9. The zero-order valence-electron chi connectivity index (χ0n) is 10.6. The van der Waals surface area contributed by atoms with Gasteiger partial charge in [0.2, 0.25) is 0 Å². The summed E-state index contributed by atoms with van der Waals surface area (Å²) in [6.45, 7) is 5.48. The molecule has 0 amide bonds. The van der Waals surface area contributed by atoms with Crippen molar-refractivity contribution in [1.29, 1.82) is 0 Å². The highest BCUT2D eigenvalue weighted by Crippen LogP contribution is 2.24. The monoisotopic (exact) mass is 228 g/mol.